The predicted octanol–water partition coefficient (Wildman–Crippen LogP) is -1.53. The molecule has 0 aliphatic rings. The first-order valence-electron chi connectivity index (χ1n) is 2.06. The third kappa shape index (κ3) is 668. The van der Waals surface area contributed by atoms with Gasteiger partial charge >= 0.3 is 9.05 Å². The molecule has 0 aliphatic carbocycles. The van der Waals surface area contributed by atoms with Gasteiger partial charge in [-0.25, -0.2) is 0 Å². The molecule has 0 aliphatic heterocycles. The van der Waals surface area contributed by atoms with E-state index in [0.717, 1.165) is 6.26 Å². The summed E-state index contributed by atoms with van der Waals surface area (Å²) in [6.45, 7) is 1.75. The molecule has 0 spiro atoms. The van der Waals surface area contributed by atoms with Crippen LogP contribution < -0.4 is 0 Å². The molecule has 0 aromatic carbocycles. The van der Waals surface area contributed by atoms with Crippen LogP contribution in [0.2, 0.25) is 0 Å². The Labute approximate surface area is 53.6 Å². The summed E-state index contributed by atoms with van der Waals surface area (Å²) in [6.07, 6.45) is 2.56. The van der Waals surface area contributed by atoms with Gasteiger partial charge in [0, 0.05) is 0 Å². The lowest BCUT2D eigenvalue weighted by molar-refractivity contribution is 0.117. The van der Waals surface area contributed by atoms with Crippen molar-refractivity contribution in [2.24, 2.45) is 0 Å². The van der Waals surface area contributed by atoms with Crippen LogP contribution in [0.5, 0.6) is 0 Å². The van der Waals surface area contributed by atoms with E-state index in [1.54, 1.807) is 13.0 Å². The van der Waals surface area contributed by atoms with Gasteiger partial charge in [0.1, 0.15) is 0 Å². The molecule has 0 heterocycles. The molecule has 0 aromatic heterocycles. The highest BCUT2D eigenvalue weighted by Gasteiger charge is 2.22. The Bertz CT molecular complexity index is 64.8. The molecule has 0 rings (SSSR count). The Kier molecular flexibility index (Phi) is 7.26. The van der Waals surface area contributed by atoms with Crippen molar-refractivity contribution in [3.63, 3.8) is 0 Å². The van der Waals surface area contributed by atoms with Gasteiger partial charge in [0.05, 0.1) is 6.26 Å². The number of hydrogen-bond donors (Lipinski definition) is 5. The quantitative estimate of drug-likeness (QED) is 0.215. The number of rotatable bonds is 0. The van der Waals surface area contributed by atoms with Crippen LogP contribution in [-0.2, 0) is 0 Å². The molecule has 5 N–H and O–H groups in total. The second kappa shape index (κ2) is 5.73. The fraction of sp³-hybridized carbons (Fsp3) is 0.333. The van der Waals surface area contributed by atoms with Crippen LogP contribution in [0.1, 0.15) is 6.92 Å². The van der Waals surface area contributed by atoms with E-state index in [4.69, 9.17) is 24.3 Å². The molecule has 0 saturated carbocycles. The molecule has 0 atom stereocenters. The standard InChI is InChI=1S/C3H6O.H4O4Si/c1-2-3-4;1-5(2,3)4/h2-4H,1H3;1-4H. The number of aliphatic hydroxyl groups excluding tert-OH is 1. The van der Waals surface area contributed by atoms with Crippen molar-refractivity contribution < 1.29 is 24.3 Å². The first-order chi connectivity index (χ1) is 3.91. The minimum atomic E-state index is -4.61. The molecule has 5 nitrogen and oxygen atoms in total. The first kappa shape index (κ1) is 11.4. The van der Waals surface area contributed by atoms with Crippen LogP contribution in [0, 0.1) is 0 Å². The second-order valence-electron chi connectivity index (χ2n) is 1.08. The zero-order valence-electron chi connectivity index (χ0n) is 4.89. The Morgan fingerprint density at radius 3 is 1.22 bits per heavy atom. The zero-order valence-corrected chi connectivity index (χ0v) is 5.89. The molecule has 0 amide bonds. The normalized spacial score (nSPS) is 10.8. The van der Waals surface area contributed by atoms with E-state index in [1.807, 2.05) is 0 Å². The van der Waals surface area contributed by atoms with Crippen LogP contribution in [0.4, 0.5) is 0 Å². The predicted molar refractivity (Wildman–Crippen MR) is 32.1 cm³/mol. The Balaban J connectivity index is 0. The summed E-state index contributed by atoms with van der Waals surface area (Å²) in [4.78, 5) is 29.3. The average Bonchev–Trinajstić information content (AvgIpc) is 1.61. The third-order valence-corrected chi connectivity index (χ3v) is 0.149. The van der Waals surface area contributed by atoms with Gasteiger partial charge in [0.15, 0.2) is 0 Å². The van der Waals surface area contributed by atoms with Crippen molar-refractivity contribution in [3.8, 4) is 0 Å². The van der Waals surface area contributed by atoms with Crippen molar-refractivity contribution in [2.45, 2.75) is 6.92 Å². The summed E-state index contributed by atoms with van der Waals surface area (Å²) in [5, 5.41) is 7.69. The third-order valence-electron chi connectivity index (χ3n) is 0.149. The lowest BCUT2D eigenvalue weighted by Crippen LogP contribution is -2.33. The molecular formula is C3H10O5Si. The van der Waals surface area contributed by atoms with Crippen LogP contribution in [-0.4, -0.2) is 33.3 Å². The molecule has 56 valence electrons. The highest BCUT2D eigenvalue weighted by Crippen LogP contribution is 1.67. The van der Waals surface area contributed by atoms with Gasteiger partial charge in [-0.05, 0) is 6.92 Å². The van der Waals surface area contributed by atoms with Crippen LogP contribution >= 0.6 is 0 Å². The minimum Gasteiger partial charge on any atom is -0.516 e. The van der Waals surface area contributed by atoms with Gasteiger partial charge in [-0.2, -0.15) is 0 Å². The summed E-state index contributed by atoms with van der Waals surface area (Å²) < 4.78 is 0. The lowest BCUT2D eigenvalue weighted by atomic mass is 10.8. The van der Waals surface area contributed by atoms with Crippen molar-refractivity contribution in [1.29, 1.82) is 0 Å². The molecule has 0 aromatic rings. The summed E-state index contributed by atoms with van der Waals surface area (Å²) in [5.41, 5.74) is 0. The molecule has 0 fully saturated rings. The smallest absolute Gasteiger partial charge is 0.516 e. The van der Waals surface area contributed by atoms with Crippen molar-refractivity contribution in [2.75, 3.05) is 0 Å². The van der Waals surface area contributed by atoms with E-state index in [1.165, 1.54) is 0 Å². The molecule has 6 heteroatoms. The number of hydrogen-bond acceptors (Lipinski definition) is 5. The Morgan fingerprint density at radius 1 is 1.11 bits per heavy atom. The Hall–Kier alpha value is -0.403. The maximum Gasteiger partial charge on any atom is 0.668 e. The summed E-state index contributed by atoms with van der Waals surface area (Å²) in [6, 6.07) is 0. The number of allylic oxidation sites excluding steroid dienone is 1. The summed E-state index contributed by atoms with van der Waals surface area (Å²) in [5.74, 6) is 0. The molecular weight excluding hydrogens is 144 g/mol. The fourth-order valence-electron chi connectivity index (χ4n) is 0. The van der Waals surface area contributed by atoms with Crippen molar-refractivity contribution >= 4 is 9.05 Å². The average molecular weight is 154 g/mol. The van der Waals surface area contributed by atoms with Gasteiger partial charge in [0.2, 0.25) is 0 Å². The van der Waals surface area contributed by atoms with Gasteiger partial charge in [-0.15, -0.1) is 0 Å². The Morgan fingerprint density at radius 2 is 1.22 bits per heavy atom. The fourth-order valence-corrected chi connectivity index (χ4v) is 0. The van der Waals surface area contributed by atoms with Crippen molar-refractivity contribution in [3.05, 3.63) is 12.3 Å². The maximum atomic E-state index is 7.69. The van der Waals surface area contributed by atoms with E-state index in [2.05, 4.69) is 0 Å². The summed E-state index contributed by atoms with van der Waals surface area (Å²) in [7, 11) is -4.61. The van der Waals surface area contributed by atoms with Crippen LogP contribution in [0.15, 0.2) is 12.3 Å². The van der Waals surface area contributed by atoms with Crippen LogP contribution in [0.3, 0.4) is 0 Å². The van der Waals surface area contributed by atoms with E-state index in [9.17, 15) is 0 Å². The zero-order chi connectivity index (χ0) is 7.91. The lowest BCUT2D eigenvalue weighted by Gasteiger charge is -1.91. The van der Waals surface area contributed by atoms with Gasteiger partial charge in [-0.1, -0.05) is 6.08 Å². The van der Waals surface area contributed by atoms with Gasteiger partial charge < -0.3 is 24.3 Å². The van der Waals surface area contributed by atoms with Gasteiger partial charge in [0.25, 0.3) is 0 Å². The van der Waals surface area contributed by atoms with E-state index in [0.29, 0.717) is 0 Å². The van der Waals surface area contributed by atoms with E-state index >= 15 is 0 Å². The number of aliphatic hydroxyl groups is 1. The van der Waals surface area contributed by atoms with Gasteiger partial charge in [-0.3, -0.25) is 0 Å². The van der Waals surface area contributed by atoms with Crippen molar-refractivity contribution in [1.82, 2.24) is 0 Å². The molecule has 0 radical (unpaired) electrons. The summed E-state index contributed by atoms with van der Waals surface area (Å²) >= 11 is 0. The SMILES string of the molecule is CC=CO.O[Si](O)(O)O. The monoisotopic (exact) mass is 154 g/mol. The topological polar surface area (TPSA) is 101 Å². The molecule has 9 heavy (non-hydrogen) atoms. The first-order valence-corrected chi connectivity index (χ1v) is 3.85. The molecule has 0 saturated heterocycles. The maximum absolute atomic E-state index is 7.69. The second-order valence-corrected chi connectivity index (χ2v) is 2.28. The highest BCUT2D eigenvalue weighted by atomic mass is 28.4. The van der Waals surface area contributed by atoms with E-state index < -0.39 is 9.05 Å². The van der Waals surface area contributed by atoms with E-state index in [-0.39, 0.29) is 0 Å². The highest BCUT2D eigenvalue weighted by molar-refractivity contribution is 6.46. The largest absolute Gasteiger partial charge is 0.668 e. The van der Waals surface area contributed by atoms with Crippen LogP contribution in [0.25, 0.3) is 0 Å². The minimum absolute atomic E-state index is 1.00. The molecule has 0 unspecified atom stereocenters. The molecule has 0 bridgehead atoms.